The minimum absolute atomic E-state index is 0.232. The van der Waals surface area contributed by atoms with Gasteiger partial charge in [-0.25, -0.2) is 8.42 Å². The fraction of sp³-hybridized carbons (Fsp3) is 0.350. The van der Waals surface area contributed by atoms with E-state index in [9.17, 15) is 13.2 Å². The number of benzene rings is 2. The Morgan fingerprint density at radius 2 is 1.79 bits per heavy atom. The van der Waals surface area contributed by atoms with Crippen molar-refractivity contribution in [1.29, 1.82) is 0 Å². The highest BCUT2D eigenvalue weighted by Gasteiger charge is 2.25. The normalized spacial score (nSPS) is 16.4. The molecular formula is C20H23ClN2O4S. The summed E-state index contributed by atoms with van der Waals surface area (Å²) in [5.74, 6) is 0.157. The Hall–Kier alpha value is -2.09. The third kappa shape index (κ3) is 5.04. The van der Waals surface area contributed by atoms with E-state index in [-0.39, 0.29) is 10.8 Å². The van der Waals surface area contributed by atoms with Crippen molar-refractivity contribution in [3.63, 3.8) is 0 Å². The summed E-state index contributed by atoms with van der Waals surface area (Å²) >= 11 is 5.91. The third-order valence-electron chi connectivity index (χ3n) is 4.55. The van der Waals surface area contributed by atoms with Gasteiger partial charge in [0.25, 0.3) is 5.91 Å². The maximum Gasteiger partial charge on any atom is 0.265 e. The van der Waals surface area contributed by atoms with Gasteiger partial charge in [0.15, 0.2) is 6.10 Å². The summed E-state index contributed by atoms with van der Waals surface area (Å²) in [5.41, 5.74) is 0.504. The molecular weight excluding hydrogens is 400 g/mol. The van der Waals surface area contributed by atoms with Crippen LogP contribution in [-0.2, 0) is 14.8 Å². The van der Waals surface area contributed by atoms with Crippen LogP contribution in [0.3, 0.4) is 0 Å². The summed E-state index contributed by atoms with van der Waals surface area (Å²) in [5, 5.41) is 3.25. The van der Waals surface area contributed by atoms with Gasteiger partial charge < -0.3 is 10.1 Å². The fourth-order valence-corrected chi connectivity index (χ4v) is 4.70. The molecule has 1 heterocycles. The first-order valence-corrected chi connectivity index (χ1v) is 11.0. The molecule has 1 saturated heterocycles. The van der Waals surface area contributed by atoms with E-state index in [1.807, 2.05) is 0 Å². The number of sulfonamides is 1. The lowest BCUT2D eigenvalue weighted by Crippen LogP contribution is -2.35. The highest BCUT2D eigenvalue weighted by molar-refractivity contribution is 7.89. The van der Waals surface area contributed by atoms with Gasteiger partial charge in [0, 0.05) is 23.8 Å². The first kappa shape index (κ1) is 20.6. The summed E-state index contributed by atoms with van der Waals surface area (Å²) in [6.07, 6.45) is 2.09. The van der Waals surface area contributed by atoms with Crippen LogP contribution in [0, 0.1) is 0 Å². The highest BCUT2D eigenvalue weighted by atomic mass is 35.5. The molecule has 2 aromatic carbocycles. The molecule has 0 aromatic heterocycles. The smallest absolute Gasteiger partial charge is 0.265 e. The van der Waals surface area contributed by atoms with Crippen LogP contribution >= 0.6 is 11.6 Å². The van der Waals surface area contributed by atoms with Gasteiger partial charge in [0.2, 0.25) is 10.0 Å². The Labute approximate surface area is 170 Å². The van der Waals surface area contributed by atoms with Crippen LogP contribution in [0.5, 0.6) is 5.75 Å². The van der Waals surface area contributed by atoms with Crippen molar-refractivity contribution in [3.8, 4) is 5.75 Å². The van der Waals surface area contributed by atoms with Crippen molar-refractivity contribution in [2.45, 2.75) is 37.2 Å². The van der Waals surface area contributed by atoms with Gasteiger partial charge in [-0.1, -0.05) is 24.1 Å². The van der Waals surface area contributed by atoms with Crippen molar-refractivity contribution in [1.82, 2.24) is 4.31 Å². The Morgan fingerprint density at radius 1 is 1.11 bits per heavy atom. The Balaban J connectivity index is 1.62. The number of carbonyl (C=O) groups is 1. The molecule has 1 amide bonds. The number of ether oxygens (including phenoxy) is 1. The Bertz CT molecular complexity index is 925. The summed E-state index contributed by atoms with van der Waals surface area (Å²) in [6.45, 7) is 2.74. The highest BCUT2D eigenvalue weighted by Crippen LogP contribution is 2.22. The average molecular weight is 423 g/mol. The van der Waals surface area contributed by atoms with Crippen molar-refractivity contribution in [2.75, 3.05) is 18.4 Å². The van der Waals surface area contributed by atoms with Crippen molar-refractivity contribution >= 4 is 33.2 Å². The molecule has 6 nitrogen and oxygen atoms in total. The number of piperidine rings is 1. The number of halogens is 1. The van der Waals surface area contributed by atoms with E-state index >= 15 is 0 Å². The molecule has 28 heavy (non-hydrogen) atoms. The van der Waals surface area contributed by atoms with E-state index in [1.54, 1.807) is 43.3 Å². The Morgan fingerprint density at radius 3 is 2.43 bits per heavy atom. The van der Waals surface area contributed by atoms with Gasteiger partial charge in [0.05, 0.1) is 4.90 Å². The molecule has 1 fully saturated rings. The third-order valence-corrected chi connectivity index (χ3v) is 6.70. The number of nitrogens with zero attached hydrogens (tertiary/aromatic N) is 1. The van der Waals surface area contributed by atoms with Crippen molar-refractivity contribution < 1.29 is 17.9 Å². The zero-order valence-corrected chi connectivity index (χ0v) is 17.2. The first-order valence-electron chi connectivity index (χ1n) is 9.19. The van der Waals surface area contributed by atoms with E-state index in [0.29, 0.717) is 29.5 Å². The minimum atomic E-state index is -3.48. The Kier molecular flexibility index (Phi) is 6.59. The second kappa shape index (κ2) is 8.94. The summed E-state index contributed by atoms with van der Waals surface area (Å²) in [4.78, 5) is 12.6. The predicted octanol–water partition coefficient (Wildman–Crippen LogP) is 3.92. The summed E-state index contributed by atoms with van der Waals surface area (Å²) in [6, 6.07) is 13.0. The molecule has 150 valence electrons. The molecule has 1 aliphatic heterocycles. The van der Waals surface area contributed by atoms with Crippen LogP contribution in [0.25, 0.3) is 0 Å². The molecule has 3 rings (SSSR count). The second-order valence-electron chi connectivity index (χ2n) is 6.70. The molecule has 1 unspecified atom stereocenters. The first-order chi connectivity index (χ1) is 13.4. The van der Waals surface area contributed by atoms with Crippen LogP contribution in [0.4, 0.5) is 5.69 Å². The quantitative estimate of drug-likeness (QED) is 0.765. The summed E-state index contributed by atoms with van der Waals surface area (Å²) in [7, 11) is -3.48. The molecule has 2 aromatic rings. The predicted molar refractivity (Wildman–Crippen MR) is 109 cm³/mol. The van der Waals surface area contributed by atoms with E-state index < -0.39 is 16.1 Å². The van der Waals surface area contributed by atoms with Crippen molar-refractivity contribution in [2.24, 2.45) is 0 Å². The molecule has 0 spiro atoms. The fourth-order valence-electron chi connectivity index (χ4n) is 3.01. The number of hydrogen-bond donors (Lipinski definition) is 1. The van der Waals surface area contributed by atoms with Gasteiger partial charge in [-0.05, 0) is 62.2 Å². The molecule has 8 heteroatoms. The van der Waals surface area contributed by atoms with E-state index in [1.165, 1.54) is 16.4 Å². The minimum Gasteiger partial charge on any atom is -0.481 e. The van der Waals surface area contributed by atoms with Gasteiger partial charge in [0.1, 0.15) is 5.75 Å². The lowest BCUT2D eigenvalue weighted by atomic mass is 10.2. The molecule has 1 aliphatic rings. The number of amides is 1. The van der Waals surface area contributed by atoms with E-state index in [2.05, 4.69) is 5.32 Å². The number of hydrogen-bond acceptors (Lipinski definition) is 4. The average Bonchev–Trinajstić information content (AvgIpc) is 2.69. The molecule has 0 radical (unpaired) electrons. The zero-order chi connectivity index (χ0) is 20.1. The number of rotatable bonds is 6. The SMILES string of the molecule is CC(Oc1cccc(Cl)c1)C(=O)Nc1ccc(S(=O)(=O)N2CCCCC2)cc1. The topological polar surface area (TPSA) is 75.7 Å². The molecule has 1 N–H and O–H groups in total. The van der Waals surface area contributed by atoms with Gasteiger partial charge in [-0.3, -0.25) is 4.79 Å². The largest absolute Gasteiger partial charge is 0.481 e. The van der Waals surface area contributed by atoms with Gasteiger partial charge in [-0.15, -0.1) is 0 Å². The van der Waals surface area contributed by atoms with Gasteiger partial charge >= 0.3 is 0 Å². The number of anilines is 1. The lowest BCUT2D eigenvalue weighted by Gasteiger charge is -2.25. The van der Waals surface area contributed by atoms with Crippen LogP contribution in [0.15, 0.2) is 53.4 Å². The number of nitrogens with one attached hydrogen (secondary N) is 1. The molecule has 1 atom stereocenters. The monoisotopic (exact) mass is 422 g/mol. The van der Waals surface area contributed by atoms with E-state index in [4.69, 9.17) is 16.3 Å². The summed E-state index contributed by atoms with van der Waals surface area (Å²) < 4.78 is 32.4. The van der Waals surface area contributed by atoms with Crippen LogP contribution in [-0.4, -0.2) is 37.8 Å². The van der Waals surface area contributed by atoms with Crippen LogP contribution < -0.4 is 10.1 Å². The van der Waals surface area contributed by atoms with Crippen LogP contribution in [0.2, 0.25) is 5.02 Å². The molecule has 0 bridgehead atoms. The maximum absolute atomic E-state index is 12.7. The van der Waals surface area contributed by atoms with Crippen LogP contribution in [0.1, 0.15) is 26.2 Å². The molecule has 0 aliphatic carbocycles. The van der Waals surface area contributed by atoms with Crippen molar-refractivity contribution in [3.05, 3.63) is 53.6 Å². The maximum atomic E-state index is 12.7. The number of carbonyl (C=O) groups excluding carboxylic acids is 1. The van der Waals surface area contributed by atoms with E-state index in [0.717, 1.165) is 19.3 Å². The standard InChI is InChI=1S/C20H23ClN2O4S/c1-15(27-18-7-5-6-16(21)14-18)20(24)22-17-8-10-19(11-9-17)28(25,26)23-12-3-2-4-13-23/h5-11,14-15H,2-4,12-13H2,1H3,(H,22,24). The lowest BCUT2D eigenvalue weighted by molar-refractivity contribution is -0.122. The zero-order valence-electron chi connectivity index (χ0n) is 15.6. The molecule has 0 saturated carbocycles. The second-order valence-corrected chi connectivity index (χ2v) is 9.07. The van der Waals surface area contributed by atoms with Gasteiger partial charge in [-0.2, -0.15) is 4.31 Å².